The third kappa shape index (κ3) is 3.82. The van der Waals surface area contributed by atoms with E-state index >= 15 is 8.78 Å². The second-order valence-electron chi connectivity index (χ2n) is 7.59. The molecule has 4 heterocycles. The van der Waals surface area contributed by atoms with E-state index < -0.39 is 11.6 Å². The number of likely N-dealkylation sites (N-methyl/N-ethyl adjacent to an activating group) is 1. The van der Waals surface area contributed by atoms with Crippen LogP contribution in [0.2, 0.25) is 5.02 Å². The molecule has 0 radical (unpaired) electrons. The second kappa shape index (κ2) is 8.03. The second-order valence-corrected chi connectivity index (χ2v) is 8.03. The van der Waals surface area contributed by atoms with Crippen molar-refractivity contribution in [2.75, 3.05) is 26.7 Å². The predicted molar refractivity (Wildman–Crippen MR) is 112 cm³/mol. The van der Waals surface area contributed by atoms with E-state index in [0.29, 0.717) is 35.9 Å². The van der Waals surface area contributed by atoms with Gasteiger partial charge in [0.2, 0.25) is 5.89 Å². The summed E-state index contributed by atoms with van der Waals surface area (Å²) in [6, 6.07) is 5.79. The SMILES string of the molecule is CN1CCOC(Cc2c(-c3c(F)cc(-c4ncco4)cc3F)nc3cc(Cl)ccn23)C1. The smallest absolute Gasteiger partial charge is 0.226 e. The Labute approximate surface area is 182 Å². The van der Waals surface area contributed by atoms with Crippen molar-refractivity contribution < 1.29 is 17.9 Å². The molecule has 6 nitrogen and oxygen atoms in total. The number of morpholine rings is 1. The third-order valence-corrected chi connectivity index (χ3v) is 5.64. The van der Waals surface area contributed by atoms with Gasteiger partial charge in [-0.15, -0.1) is 0 Å². The minimum absolute atomic E-state index is 0.120. The number of oxazole rings is 1. The lowest BCUT2D eigenvalue weighted by molar-refractivity contribution is -0.0190. The Balaban J connectivity index is 1.64. The molecule has 4 aromatic rings. The fraction of sp³-hybridized carbons (Fsp3) is 0.273. The fourth-order valence-electron chi connectivity index (χ4n) is 3.96. The molecule has 0 N–H and O–H groups in total. The highest BCUT2D eigenvalue weighted by atomic mass is 35.5. The van der Waals surface area contributed by atoms with Crippen LogP contribution in [0, 0.1) is 11.6 Å². The van der Waals surface area contributed by atoms with Crippen molar-refractivity contribution in [3.8, 4) is 22.7 Å². The van der Waals surface area contributed by atoms with Crippen molar-refractivity contribution in [3.05, 3.63) is 65.3 Å². The van der Waals surface area contributed by atoms with E-state index in [2.05, 4.69) is 14.9 Å². The predicted octanol–water partition coefficient (Wildman–Crippen LogP) is 4.46. The third-order valence-electron chi connectivity index (χ3n) is 5.41. The van der Waals surface area contributed by atoms with E-state index in [1.165, 1.54) is 24.6 Å². The molecule has 0 amide bonds. The van der Waals surface area contributed by atoms with Gasteiger partial charge in [-0.05, 0) is 25.2 Å². The average Bonchev–Trinajstić information content (AvgIpc) is 3.36. The number of pyridine rings is 1. The zero-order valence-electron chi connectivity index (χ0n) is 16.7. The molecule has 160 valence electrons. The van der Waals surface area contributed by atoms with Gasteiger partial charge < -0.3 is 18.5 Å². The van der Waals surface area contributed by atoms with E-state index in [4.69, 9.17) is 20.8 Å². The Morgan fingerprint density at radius 1 is 1.23 bits per heavy atom. The number of rotatable bonds is 4. The molecule has 1 saturated heterocycles. The first kappa shape index (κ1) is 20.1. The van der Waals surface area contributed by atoms with Gasteiger partial charge >= 0.3 is 0 Å². The highest BCUT2D eigenvalue weighted by molar-refractivity contribution is 6.30. The van der Waals surface area contributed by atoms with Gasteiger partial charge in [-0.2, -0.15) is 0 Å². The summed E-state index contributed by atoms with van der Waals surface area (Å²) in [6.45, 7) is 2.17. The molecule has 31 heavy (non-hydrogen) atoms. The number of halogens is 3. The summed E-state index contributed by atoms with van der Waals surface area (Å²) in [5, 5.41) is 0.490. The maximum atomic E-state index is 15.2. The lowest BCUT2D eigenvalue weighted by Crippen LogP contribution is -2.41. The molecule has 1 unspecified atom stereocenters. The van der Waals surface area contributed by atoms with Crippen LogP contribution in [0.1, 0.15) is 5.69 Å². The van der Waals surface area contributed by atoms with E-state index in [0.717, 1.165) is 6.54 Å². The molecular weight excluding hydrogens is 426 g/mol. The first-order valence-electron chi connectivity index (χ1n) is 9.85. The Hall–Kier alpha value is -2.81. The van der Waals surface area contributed by atoms with Gasteiger partial charge in [0, 0.05) is 42.4 Å². The number of fused-ring (bicyclic) bond motifs is 1. The molecule has 1 aromatic carbocycles. The number of imidazole rings is 1. The molecule has 0 bridgehead atoms. The first-order valence-corrected chi connectivity index (χ1v) is 10.2. The minimum atomic E-state index is -0.745. The van der Waals surface area contributed by atoms with E-state index in [1.807, 2.05) is 7.05 Å². The summed E-state index contributed by atoms with van der Waals surface area (Å²) in [4.78, 5) is 10.7. The van der Waals surface area contributed by atoms with Crippen molar-refractivity contribution in [1.29, 1.82) is 0 Å². The monoisotopic (exact) mass is 444 g/mol. The zero-order valence-corrected chi connectivity index (χ0v) is 17.4. The molecule has 0 aliphatic carbocycles. The largest absolute Gasteiger partial charge is 0.445 e. The van der Waals surface area contributed by atoms with Crippen LogP contribution >= 0.6 is 11.6 Å². The Morgan fingerprint density at radius 3 is 2.74 bits per heavy atom. The summed E-state index contributed by atoms with van der Waals surface area (Å²) in [6.07, 6.45) is 4.86. The standard InChI is InChI=1S/C22H19ClF2N4O2/c1-28-5-7-30-15(12-28)11-18-21(27-19-10-14(23)2-4-29(18)19)20-16(24)8-13(9-17(20)25)22-26-3-6-31-22/h2-4,6,8-10,15H,5,7,11-12H2,1H3. The number of hydrogen-bond acceptors (Lipinski definition) is 5. The molecule has 1 aliphatic rings. The van der Waals surface area contributed by atoms with Gasteiger partial charge in [0.25, 0.3) is 0 Å². The molecule has 5 rings (SSSR count). The van der Waals surface area contributed by atoms with Gasteiger partial charge in [0.15, 0.2) is 0 Å². The molecule has 1 fully saturated rings. The van der Waals surface area contributed by atoms with Crippen LogP contribution in [-0.4, -0.2) is 52.1 Å². The summed E-state index contributed by atoms with van der Waals surface area (Å²) in [5.41, 5.74) is 1.42. The molecule has 0 spiro atoms. The van der Waals surface area contributed by atoms with Crippen LogP contribution in [-0.2, 0) is 11.2 Å². The summed E-state index contributed by atoms with van der Waals surface area (Å²) in [7, 11) is 2.02. The summed E-state index contributed by atoms with van der Waals surface area (Å²) < 4.78 is 43.3. The van der Waals surface area contributed by atoms with Gasteiger partial charge in [0.1, 0.15) is 23.5 Å². The molecule has 1 aliphatic heterocycles. The fourth-order valence-corrected chi connectivity index (χ4v) is 4.11. The van der Waals surface area contributed by atoms with Crippen LogP contribution in [0.25, 0.3) is 28.4 Å². The lowest BCUT2D eigenvalue weighted by atomic mass is 10.0. The summed E-state index contributed by atoms with van der Waals surface area (Å²) in [5.74, 6) is -1.35. The molecule has 1 atom stereocenters. The van der Waals surface area contributed by atoms with Gasteiger partial charge in [0.05, 0.1) is 35.9 Å². The van der Waals surface area contributed by atoms with E-state index in [-0.39, 0.29) is 28.8 Å². The molecule has 9 heteroatoms. The average molecular weight is 445 g/mol. The van der Waals surface area contributed by atoms with Crippen molar-refractivity contribution in [2.45, 2.75) is 12.5 Å². The number of benzene rings is 1. The maximum absolute atomic E-state index is 15.2. The number of hydrogen-bond donors (Lipinski definition) is 0. The highest BCUT2D eigenvalue weighted by Gasteiger charge is 2.26. The molecule has 0 saturated carbocycles. The first-order chi connectivity index (χ1) is 15.0. The van der Waals surface area contributed by atoms with Crippen LogP contribution in [0.3, 0.4) is 0 Å². The van der Waals surface area contributed by atoms with Crippen LogP contribution in [0.4, 0.5) is 8.78 Å². The number of ether oxygens (including phenoxy) is 1. The van der Waals surface area contributed by atoms with Crippen molar-refractivity contribution in [3.63, 3.8) is 0 Å². The van der Waals surface area contributed by atoms with Gasteiger partial charge in [-0.25, -0.2) is 18.7 Å². The molecular formula is C22H19ClF2N4O2. The summed E-state index contributed by atoms with van der Waals surface area (Å²) >= 11 is 6.13. The number of nitrogens with zero attached hydrogens (tertiary/aromatic N) is 4. The Morgan fingerprint density at radius 2 is 2.03 bits per heavy atom. The molecule has 3 aromatic heterocycles. The van der Waals surface area contributed by atoms with E-state index in [9.17, 15) is 0 Å². The zero-order chi connectivity index (χ0) is 21.5. The normalized spacial score (nSPS) is 17.5. The van der Waals surface area contributed by atoms with Gasteiger partial charge in [-0.1, -0.05) is 11.6 Å². The van der Waals surface area contributed by atoms with Crippen molar-refractivity contribution in [1.82, 2.24) is 19.3 Å². The lowest BCUT2D eigenvalue weighted by Gasteiger charge is -2.30. The van der Waals surface area contributed by atoms with Crippen molar-refractivity contribution >= 4 is 17.2 Å². The Kier molecular flexibility index (Phi) is 5.21. The highest BCUT2D eigenvalue weighted by Crippen LogP contribution is 2.34. The van der Waals surface area contributed by atoms with Crippen molar-refractivity contribution in [2.24, 2.45) is 0 Å². The topological polar surface area (TPSA) is 55.8 Å². The van der Waals surface area contributed by atoms with E-state index in [1.54, 1.807) is 22.7 Å². The van der Waals surface area contributed by atoms with Crippen LogP contribution in [0.5, 0.6) is 0 Å². The maximum Gasteiger partial charge on any atom is 0.226 e. The van der Waals surface area contributed by atoms with Crippen LogP contribution in [0.15, 0.2) is 47.3 Å². The van der Waals surface area contributed by atoms with Crippen LogP contribution < -0.4 is 0 Å². The quantitative estimate of drug-likeness (QED) is 0.465. The number of aromatic nitrogens is 3. The minimum Gasteiger partial charge on any atom is -0.445 e. The Bertz CT molecular complexity index is 1220. The van der Waals surface area contributed by atoms with Gasteiger partial charge in [-0.3, -0.25) is 0 Å².